The van der Waals surface area contributed by atoms with Crippen molar-refractivity contribution in [2.24, 2.45) is 0 Å². The number of para-hydroxylation sites is 2. The largest absolute Gasteiger partial charge is 0.379 e. The fraction of sp³-hybridized carbons (Fsp3) is 0. The normalized spacial score (nSPS) is 11.9. The average Bonchev–Trinajstić information content (AvgIpc) is 2.84. The smallest absolute Gasteiger partial charge is 0.339 e. The highest BCUT2D eigenvalue weighted by Crippen LogP contribution is 2.29. The van der Waals surface area contributed by atoms with Crippen molar-refractivity contribution in [3.63, 3.8) is 0 Å². The molecule has 0 aliphatic carbocycles. The Morgan fingerprint density at radius 3 is 1.25 bits per heavy atom. The topological polar surface area (TPSA) is 86.7 Å². The van der Waals surface area contributed by atoms with Gasteiger partial charge in [-0.3, -0.25) is 0 Å². The van der Waals surface area contributed by atoms with E-state index in [1.807, 2.05) is 0 Å². The van der Waals surface area contributed by atoms with E-state index in [2.05, 4.69) is 31.9 Å². The summed E-state index contributed by atoms with van der Waals surface area (Å²) >= 11 is 6.60. The second-order valence-electron chi connectivity index (χ2n) is 7.40. The zero-order chi connectivity index (χ0) is 25.8. The van der Waals surface area contributed by atoms with Crippen LogP contribution in [0.1, 0.15) is 11.1 Å². The van der Waals surface area contributed by atoms with Gasteiger partial charge in [0.2, 0.25) is 0 Å². The van der Waals surface area contributed by atoms with Crippen molar-refractivity contribution in [2.45, 2.75) is 9.79 Å². The fourth-order valence-corrected chi connectivity index (χ4v) is 6.53. The third-order valence-electron chi connectivity index (χ3n) is 4.83. The van der Waals surface area contributed by atoms with Crippen LogP contribution in [0.3, 0.4) is 0 Å². The molecule has 4 rings (SSSR count). The van der Waals surface area contributed by atoms with Crippen LogP contribution in [0.5, 0.6) is 11.5 Å². The summed E-state index contributed by atoms with van der Waals surface area (Å²) in [5.74, 6) is 0.346. The van der Waals surface area contributed by atoms with Crippen molar-refractivity contribution in [3.8, 4) is 11.5 Å². The van der Waals surface area contributed by atoms with Crippen molar-refractivity contribution in [3.05, 3.63) is 117 Å². The van der Waals surface area contributed by atoms with E-state index in [1.165, 1.54) is 48.6 Å². The molecule has 0 fully saturated rings. The van der Waals surface area contributed by atoms with Gasteiger partial charge in [-0.05, 0) is 59.7 Å². The Morgan fingerprint density at radius 2 is 0.889 bits per heavy atom. The molecule has 0 heterocycles. The quantitative estimate of drug-likeness (QED) is 0.152. The minimum Gasteiger partial charge on any atom is -0.379 e. The molecule has 0 radical (unpaired) electrons. The lowest BCUT2D eigenvalue weighted by Crippen LogP contribution is -2.12. The van der Waals surface area contributed by atoms with Gasteiger partial charge in [-0.1, -0.05) is 92.5 Å². The number of rotatable bonds is 8. The van der Waals surface area contributed by atoms with Crippen molar-refractivity contribution < 1.29 is 25.2 Å². The van der Waals surface area contributed by atoms with Gasteiger partial charge in [0.05, 0.1) is 0 Å². The van der Waals surface area contributed by atoms with E-state index in [9.17, 15) is 16.8 Å². The van der Waals surface area contributed by atoms with Crippen LogP contribution >= 0.6 is 31.9 Å². The third kappa shape index (κ3) is 6.44. The van der Waals surface area contributed by atoms with E-state index < -0.39 is 20.2 Å². The van der Waals surface area contributed by atoms with E-state index >= 15 is 0 Å². The summed E-state index contributed by atoms with van der Waals surface area (Å²) in [5.41, 5.74) is 0.619. The van der Waals surface area contributed by atoms with E-state index in [0.717, 1.165) is 0 Å². The molecule has 0 atom stereocenters. The maximum atomic E-state index is 13.1. The van der Waals surface area contributed by atoms with Crippen LogP contribution in [0.25, 0.3) is 12.2 Å². The molecule has 4 aromatic carbocycles. The zero-order valence-corrected chi connectivity index (χ0v) is 23.2. The third-order valence-corrected chi connectivity index (χ3v) is 8.43. The van der Waals surface area contributed by atoms with Gasteiger partial charge in [0.25, 0.3) is 0 Å². The molecule has 0 aliphatic rings. The van der Waals surface area contributed by atoms with Crippen LogP contribution in [0.2, 0.25) is 0 Å². The van der Waals surface area contributed by atoms with Crippen molar-refractivity contribution in [2.75, 3.05) is 0 Å². The second-order valence-corrected chi connectivity index (χ2v) is 12.3. The van der Waals surface area contributed by atoms with Crippen LogP contribution in [0.4, 0.5) is 0 Å². The molecule has 0 unspecified atom stereocenters. The second kappa shape index (κ2) is 11.0. The summed E-state index contributed by atoms with van der Waals surface area (Å²) in [6.07, 6.45) is 3.02. The van der Waals surface area contributed by atoms with Crippen molar-refractivity contribution >= 4 is 64.2 Å². The first-order valence-electron chi connectivity index (χ1n) is 10.4. The number of hydrogen-bond acceptors (Lipinski definition) is 6. The standard InChI is InChI=1S/C26H18Br2O6S2/c27-21-15-13-19(25(17-21)35(29,30)33-23-7-3-1-4-8-23)11-12-20-14-16-22(28)18-26(20)36(31,32)34-24-9-5-2-6-10-24/h1-18H/b12-11+. The molecule has 6 nitrogen and oxygen atoms in total. The first-order chi connectivity index (χ1) is 17.1. The summed E-state index contributed by atoms with van der Waals surface area (Å²) in [6, 6.07) is 25.7. The summed E-state index contributed by atoms with van der Waals surface area (Å²) in [6.45, 7) is 0. The molecule has 0 saturated carbocycles. The summed E-state index contributed by atoms with van der Waals surface area (Å²) in [5, 5.41) is 0. The molecule has 0 saturated heterocycles. The summed E-state index contributed by atoms with van der Waals surface area (Å²) in [7, 11) is -8.38. The molecular formula is C26H18Br2O6S2. The van der Waals surface area contributed by atoms with Crippen molar-refractivity contribution in [1.29, 1.82) is 0 Å². The lowest BCUT2D eigenvalue weighted by molar-refractivity contribution is 0.484. The van der Waals surface area contributed by atoms with Crippen LogP contribution in [-0.2, 0) is 20.2 Å². The number of benzene rings is 4. The fourth-order valence-electron chi connectivity index (χ4n) is 3.20. The van der Waals surface area contributed by atoms with E-state index in [1.54, 1.807) is 60.7 Å². The van der Waals surface area contributed by atoms with Gasteiger partial charge in [0.1, 0.15) is 21.3 Å². The summed E-state index contributed by atoms with van der Waals surface area (Å²) < 4.78 is 63.9. The number of halogens is 2. The molecule has 184 valence electrons. The summed E-state index contributed by atoms with van der Waals surface area (Å²) in [4.78, 5) is -0.168. The van der Waals surface area contributed by atoms with Crippen LogP contribution < -0.4 is 8.37 Å². The highest BCUT2D eigenvalue weighted by Gasteiger charge is 2.22. The zero-order valence-electron chi connectivity index (χ0n) is 18.4. The van der Waals surface area contributed by atoms with E-state index in [4.69, 9.17) is 8.37 Å². The average molecular weight is 650 g/mol. The minimum absolute atomic E-state index is 0.0842. The first kappa shape index (κ1) is 26.2. The molecule has 0 amide bonds. The van der Waals surface area contributed by atoms with Gasteiger partial charge in [-0.2, -0.15) is 16.8 Å². The van der Waals surface area contributed by atoms with Crippen LogP contribution in [-0.4, -0.2) is 16.8 Å². The Labute approximate surface area is 226 Å². The highest BCUT2D eigenvalue weighted by atomic mass is 79.9. The SMILES string of the molecule is O=S(=O)(Oc1ccccc1)c1cc(Br)ccc1/C=C/c1ccc(Br)cc1S(=O)(=O)Oc1ccccc1. The lowest BCUT2D eigenvalue weighted by Gasteiger charge is -2.11. The Hall–Kier alpha value is -2.92. The lowest BCUT2D eigenvalue weighted by atomic mass is 10.1. The van der Waals surface area contributed by atoms with E-state index in [0.29, 0.717) is 20.1 Å². The highest BCUT2D eigenvalue weighted by molar-refractivity contribution is 9.10. The van der Waals surface area contributed by atoms with Gasteiger partial charge in [0.15, 0.2) is 0 Å². The Balaban J connectivity index is 1.72. The Kier molecular flexibility index (Phi) is 7.99. The van der Waals surface area contributed by atoms with Gasteiger partial charge < -0.3 is 8.37 Å². The first-order valence-corrected chi connectivity index (χ1v) is 14.8. The molecular weight excluding hydrogens is 632 g/mol. The monoisotopic (exact) mass is 648 g/mol. The van der Waals surface area contributed by atoms with Gasteiger partial charge in [0, 0.05) is 8.95 Å². The molecule has 0 N–H and O–H groups in total. The Morgan fingerprint density at radius 1 is 0.528 bits per heavy atom. The molecule has 36 heavy (non-hydrogen) atoms. The molecule has 4 aromatic rings. The molecule has 0 spiro atoms. The molecule has 0 aliphatic heterocycles. The molecule has 0 aromatic heterocycles. The maximum Gasteiger partial charge on any atom is 0.339 e. The predicted molar refractivity (Wildman–Crippen MR) is 146 cm³/mol. The van der Waals surface area contributed by atoms with E-state index in [-0.39, 0.29) is 21.3 Å². The van der Waals surface area contributed by atoms with Crippen molar-refractivity contribution in [1.82, 2.24) is 0 Å². The van der Waals surface area contributed by atoms with Gasteiger partial charge in [-0.25, -0.2) is 0 Å². The molecule has 10 heteroatoms. The minimum atomic E-state index is -4.19. The van der Waals surface area contributed by atoms with Gasteiger partial charge in [-0.15, -0.1) is 0 Å². The molecule has 0 bridgehead atoms. The van der Waals surface area contributed by atoms with Crippen LogP contribution in [0, 0.1) is 0 Å². The van der Waals surface area contributed by atoms with Crippen LogP contribution in [0.15, 0.2) is 116 Å². The maximum absolute atomic E-state index is 13.1. The van der Waals surface area contributed by atoms with Gasteiger partial charge >= 0.3 is 20.2 Å². The Bertz CT molecular complexity index is 1500. The number of hydrogen-bond donors (Lipinski definition) is 0. The predicted octanol–water partition coefficient (Wildman–Crippen LogP) is 6.92.